The van der Waals surface area contributed by atoms with E-state index in [1.165, 1.54) is 12.1 Å². The summed E-state index contributed by atoms with van der Waals surface area (Å²) in [4.78, 5) is 11.1. The van der Waals surface area contributed by atoms with Crippen LogP contribution in [0.25, 0.3) is 0 Å². The van der Waals surface area contributed by atoms with Crippen LogP contribution in [0.3, 0.4) is 0 Å². The summed E-state index contributed by atoms with van der Waals surface area (Å²) >= 11 is 0. The predicted molar refractivity (Wildman–Crippen MR) is 57.0 cm³/mol. The highest BCUT2D eigenvalue weighted by molar-refractivity contribution is 5.73. The third-order valence-corrected chi connectivity index (χ3v) is 1.96. The van der Waals surface area contributed by atoms with Gasteiger partial charge in [-0.3, -0.25) is 0 Å². The highest BCUT2D eigenvalue weighted by Crippen LogP contribution is 2.09. The number of benzene rings is 1. The smallest absolute Gasteiger partial charge is 0.315 e. The molecule has 0 heterocycles. The molecule has 0 saturated carbocycles. The summed E-state index contributed by atoms with van der Waals surface area (Å²) in [5.41, 5.74) is 0.615. The molecular formula is C11H12FN3O. The maximum Gasteiger partial charge on any atom is 0.315 e. The second kappa shape index (κ2) is 5.71. The monoisotopic (exact) mass is 221 g/mol. The number of nitrogens with one attached hydrogen (secondary N) is 2. The van der Waals surface area contributed by atoms with E-state index in [9.17, 15) is 9.18 Å². The van der Waals surface area contributed by atoms with Gasteiger partial charge in [0.15, 0.2) is 0 Å². The molecule has 0 bridgehead atoms. The number of hydrogen-bond donors (Lipinski definition) is 2. The average Bonchev–Trinajstić information content (AvgIpc) is 2.27. The molecule has 4 nitrogen and oxygen atoms in total. The zero-order valence-corrected chi connectivity index (χ0v) is 8.88. The van der Waals surface area contributed by atoms with Gasteiger partial charge < -0.3 is 10.6 Å². The van der Waals surface area contributed by atoms with Crippen molar-refractivity contribution in [3.8, 4) is 6.07 Å². The Kier molecular flexibility index (Phi) is 4.28. The van der Waals surface area contributed by atoms with Crippen LogP contribution in [0.2, 0.25) is 0 Å². The molecular weight excluding hydrogens is 209 g/mol. The highest BCUT2D eigenvalue weighted by Gasteiger charge is 2.04. The van der Waals surface area contributed by atoms with Crippen molar-refractivity contribution in [2.24, 2.45) is 0 Å². The molecule has 84 valence electrons. The Bertz CT molecular complexity index is 426. The van der Waals surface area contributed by atoms with Crippen LogP contribution < -0.4 is 10.6 Å². The fourth-order valence-corrected chi connectivity index (χ4v) is 1.16. The molecule has 0 atom stereocenters. The zero-order valence-electron chi connectivity index (χ0n) is 8.88. The second-order valence-corrected chi connectivity index (χ2v) is 3.13. The summed E-state index contributed by atoms with van der Waals surface area (Å²) in [7, 11) is 0. The molecule has 0 unspecified atom stereocenters. The van der Waals surface area contributed by atoms with Gasteiger partial charge in [0.25, 0.3) is 0 Å². The normalized spacial score (nSPS) is 9.31. The summed E-state index contributed by atoms with van der Waals surface area (Å²) in [5.74, 6) is -0.490. The molecule has 0 spiro atoms. The lowest BCUT2D eigenvalue weighted by atomic mass is 10.1. The quantitative estimate of drug-likeness (QED) is 0.812. The molecule has 5 heteroatoms. The third-order valence-electron chi connectivity index (χ3n) is 1.96. The van der Waals surface area contributed by atoms with E-state index in [1.807, 2.05) is 6.07 Å². The fourth-order valence-electron chi connectivity index (χ4n) is 1.16. The standard InChI is InChI=1S/C11H12FN3O/c1-2-14-11(16)15-7-9-4-3-8(6-13)5-10(9)12/h3-5H,2,7H2,1H3,(H2,14,15,16). The number of amides is 2. The predicted octanol–water partition coefficient (Wildman–Crippen LogP) is 1.52. The molecule has 0 aliphatic heterocycles. The molecule has 0 aromatic heterocycles. The number of halogens is 1. The van der Waals surface area contributed by atoms with Crippen LogP contribution in [0.15, 0.2) is 18.2 Å². The molecule has 0 aliphatic carbocycles. The largest absolute Gasteiger partial charge is 0.338 e. The minimum absolute atomic E-state index is 0.101. The number of hydrogen-bond acceptors (Lipinski definition) is 2. The number of nitrogens with zero attached hydrogens (tertiary/aromatic N) is 1. The minimum Gasteiger partial charge on any atom is -0.338 e. The van der Waals surface area contributed by atoms with Gasteiger partial charge in [-0.05, 0) is 19.1 Å². The topological polar surface area (TPSA) is 64.9 Å². The van der Waals surface area contributed by atoms with Gasteiger partial charge >= 0.3 is 6.03 Å². The van der Waals surface area contributed by atoms with Gasteiger partial charge in [-0.2, -0.15) is 5.26 Å². The Morgan fingerprint density at radius 1 is 1.50 bits per heavy atom. The first-order valence-corrected chi connectivity index (χ1v) is 4.87. The summed E-state index contributed by atoms with van der Waals surface area (Å²) < 4.78 is 13.4. The van der Waals surface area contributed by atoms with Crippen molar-refractivity contribution in [3.63, 3.8) is 0 Å². The Morgan fingerprint density at radius 3 is 2.81 bits per heavy atom. The van der Waals surface area contributed by atoms with Crippen LogP contribution in [-0.4, -0.2) is 12.6 Å². The second-order valence-electron chi connectivity index (χ2n) is 3.13. The number of carbonyl (C=O) groups excluding carboxylic acids is 1. The third kappa shape index (κ3) is 3.24. The number of carbonyl (C=O) groups is 1. The Labute approximate surface area is 93.1 Å². The molecule has 0 saturated heterocycles. The van der Waals surface area contributed by atoms with Crippen LogP contribution in [0.5, 0.6) is 0 Å². The van der Waals surface area contributed by atoms with Crippen molar-refractivity contribution in [3.05, 3.63) is 35.1 Å². The van der Waals surface area contributed by atoms with E-state index < -0.39 is 5.82 Å². The van der Waals surface area contributed by atoms with Crippen molar-refractivity contribution in [1.29, 1.82) is 5.26 Å². The molecule has 2 N–H and O–H groups in total. The van der Waals surface area contributed by atoms with E-state index in [0.29, 0.717) is 12.1 Å². The molecule has 1 aromatic rings. The molecule has 16 heavy (non-hydrogen) atoms. The maximum atomic E-state index is 13.4. The number of urea groups is 1. The minimum atomic E-state index is -0.490. The van der Waals surface area contributed by atoms with E-state index in [1.54, 1.807) is 6.92 Å². The SMILES string of the molecule is CCNC(=O)NCc1ccc(C#N)cc1F. The summed E-state index contributed by atoms with van der Waals surface area (Å²) in [6.07, 6.45) is 0. The van der Waals surface area contributed by atoms with Crippen LogP contribution in [-0.2, 0) is 6.54 Å². The molecule has 0 fully saturated rings. The average molecular weight is 221 g/mol. The number of rotatable bonds is 3. The first kappa shape index (κ1) is 12.0. The molecule has 2 amide bonds. The summed E-state index contributed by atoms with van der Waals surface area (Å²) in [6, 6.07) is 5.64. The van der Waals surface area contributed by atoms with Crippen LogP contribution >= 0.6 is 0 Å². The van der Waals surface area contributed by atoms with E-state index in [-0.39, 0.29) is 18.1 Å². The van der Waals surface area contributed by atoms with Crippen LogP contribution in [0.4, 0.5) is 9.18 Å². The van der Waals surface area contributed by atoms with E-state index in [4.69, 9.17) is 5.26 Å². The molecule has 1 rings (SSSR count). The van der Waals surface area contributed by atoms with Gasteiger partial charge in [0.1, 0.15) is 5.82 Å². The first-order valence-electron chi connectivity index (χ1n) is 4.87. The lowest BCUT2D eigenvalue weighted by Crippen LogP contribution is -2.34. The lowest BCUT2D eigenvalue weighted by Gasteiger charge is -2.06. The maximum absolute atomic E-state index is 13.4. The summed E-state index contributed by atoms with van der Waals surface area (Å²) in [6.45, 7) is 2.41. The van der Waals surface area contributed by atoms with E-state index >= 15 is 0 Å². The van der Waals surface area contributed by atoms with Gasteiger partial charge in [-0.25, -0.2) is 9.18 Å². The Hall–Kier alpha value is -2.09. The molecule has 0 aliphatic rings. The van der Waals surface area contributed by atoms with Gasteiger partial charge in [0, 0.05) is 18.7 Å². The Morgan fingerprint density at radius 2 is 2.25 bits per heavy atom. The number of nitriles is 1. The first-order chi connectivity index (χ1) is 7.67. The summed E-state index contributed by atoms with van der Waals surface area (Å²) in [5, 5.41) is 13.6. The van der Waals surface area contributed by atoms with Gasteiger partial charge in [-0.1, -0.05) is 6.07 Å². The van der Waals surface area contributed by atoms with Crippen LogP contribution in [0.1, 0.15) is 18.1 Å². The van der Waals surface area contributed by atoms with Crippen molar-refractivity contribution in [2.45, 2.75) is 13.5 Å². The van der Waals surface area contributed by atoms with Crippen molar-refractivity contribution in [1.82, 2.24) is 10.6 Å². The van der Waals surface area contributed by atoms with E-state index in [0.717, 1.165) is 6.07 Å². The highest BCUT2D eigenvalue weighted by atomic mass is 19.1. The van der Waals surface area contributed by atoms with Gasteiger partial charge in [-0.15, -0.1) is 0 Å². The van der Waals surface area contributed by atoms with Crippen LogP contribution in [0, 0.1) is 17.1 Å². The van der Waals surface area contributed by atoms with Gasteiger partial charge in [0.2, 0.25) is 0 Å². The van der Waals surface area contributed by atoms with Crippen molar-refractivity contribution >= 4 is 6.03 Å². The Balaban J connectivity index is 2.62. The zero-order chi connectivity index (χ0) is 12.0. The lowest BCUT2D eigenvalue weighted by molar-refractivity contribution is 0.241. The van der Waals surface area contributed by atoms with Crippen molar-refractivity contribution < 1.29 is 9.18 Å². The van der Waals surface area contributed by atoms with E-state index in [2.05, 4.69) is 10.6 Å². The fraction of sp³-hybridized carbons (Fsp3) is 0.273. The molecule has 0 radical (unpaired) electrons. The van der Waals surface area contributed by atoms with Gasteiger partial charge in [0.05, 0.1) is 11.6 Å². The molecule has 1 aromatic carbocycles. The van der Waals surface area contributed by atoms with Crippen molar-refractivity contribution in [2.75, 3.05) is 6.54 Å².